The quantitative estimate of drug-likeness (QED) is 0.780. The van der Waals surface area contributed by atoms with E-state index in [1.807, 2.05) is 36.5 Å². The van der Waals surface area contributed by atoms with E-state index in [-0.39, 0.29) is 0 Å². The summed E-state index contributed by atoms with van der Waals surface area (Å²) in [6.45, 7) is 2.17. The van der Waals surface area contributed by atoms with E-state index in [1.165, 1.54) is 6.42 Å². The Labute approximate surface area is 153 Å². The number of nitrogens with one attached hydrogen (secondary N) is 1. The Morgan fingerprint density at radius 3 is 2.73 bits per heavy atom. The van der Waals surface area contributed by atoms with Crippen molar-refractivity contribution in [1.29, 1.82) is 0 Å². The van der Waals surface area contributed by atoms with Gasteiger partial charge >= 0.3 is 0 Å². The van der Waals surface area contributed by atoms with Gasteiger partial charge in [0, 0.05) is 41.3 Å². The number of ether oxygens (including phenoxy) is 1. The maximum Gasteiger partial charge on any atom is 0.158 e. The molecule has 0 radical (unpaired) electrons. The minimum atomic E-state index is 0.387. The molecule has 0 saturated carbocycles. The summed E-state index contributed by atoms with van der Waals surface area (Å²) in [5.41, 5.74) is 1.87. The Morgan fingerprint density at radius 1 is 1.12 bits per heavy atom. The van der Waals surface area contributed by atoms with Gasteiger partial charge in [-0.15, -0.1) is 10.2 Å². The van der Waals surface area contributed by atoms with Crippen LogP contribution in [-0.2, 0) is 0 Å². The van der Waals surface area contributed by atoms with Crippen molar-refractivity contribution in [1.82, 2.24) is 20.1 Å². The maximum atomic E-state index is 5.24. The van der Waals surface area contributed by atoms with Crippen LogP contribution in [0.15, 0.2) is 42.7 Å². The number of hydrogen-bond donors (Lipinski definition) is 1. The number of rotatable bonds is 4. The van der Waals surface area contributed by atoms with Gasteiger partial charge in [0.15, 0.2) is 5.82 Å². The molecule has 1 unspecified atom stereocenters. The number of benzene rings is 1. The number of likely N-dealkylation sites (tertiary alicyclic amines) is 1. The van der Waals surface area contributed by atoms with Crippen molar-refractivity contribution in [3.8, 4) is 17.0 Å². The van der Waals surface area contributed by atoms with Gasteiger partial charge in [-0.3, -0.25) is 4.98 Å². The van der Waals surface area contributed by atoms with Gasteiger partial charge < -0.3 is 15.0 Å². The van der Waals surface area contributed by atoms with Gasteiger partial charge in [0.25, 0.3) is 0 Å². The third kappa shape index (κ3) is 3.32. The molecule has 1 aliphatic heterocycles. The van der Waals surface area contributed by atoms with Crippen LogP contribution in [0.2, 0.25) is 0 Å². The summed E-state index contributed by atoms with van der Waals surface area (Å²) in [5.74, 6) is 1.64. The Kier molecular flexibility index (Phi) is 4.67. The number of pyridine rings is 1. The fraction of sp³-hybridized carbons (Fsp3) is 0.350. The molecule has 3 heterocycles. The molecule has 1 atom stereocenters. The van der Waals surface area contributed by atoms with Crippen LogP contribution >= 0.6 is 0 Å². The van der Waals surface area contributed by atoms with E-state index < -0.39 is 0 Å². The third-order valence-electron chi connectivity index (χ3n) is 4.91. The van der Waals surface area contributed by atoms with E-state index in [1.54, 1.807) is 13.3 Å². The minimum absolute atomic E-state index is 0.387. The van der Waals surface area contributed by atoms with Gasteiger partial charge in [-0.2, -0.15) is 0 Å². The molecular formula is C20H23N5O. The highest BCUT2D eigenvalue weighted by molar-refractivity contribution is 5.99. The van der Waals surface area contributed by atoms with Crippen LogP contribution in [0.3, 0.4) is 0 Å². The van der Waals surface area contributed by atoms with Gasteiger partial charge in [-0.25, -0.2) is 0 Å². The van der Waals surface area contributed by atoms with Crippen molar-refractivity contribution in [3.05, 3.63) is 42.7 Å². The first kappa shape index (κ1) is 16.7. The number of methoxy groups -OCH3 is 1. The number of nitrogens with zero attached hydrogens (tertiary/aromatic N) is 4. The van der Waals surface area contributed by atoms with Crippen molar-refractivity contribution < 1.29 is 4.74 Å². The maximum absolute atomic E-state index is 5.24. The molecule has 0 amide bonds. The molecule has 1 N–H and O–H groups in total. The van der Waals surface area contributed by atoms with Crippen LogP contribution in [-0.4, -0.2) is 53.4 Å². The van der Waals surface area contributed by atoms with Crippen LogP contribution < -0.4 is 10.1 Å². The zero-order valence-electron chi connectivity index (χ0n) is 15.1. The summed E-state index contributed by atoms with van der Waals surface area (Å²) in [6.07, 6.45) is 6.01. The first-order valence-corrected chi connectivity index (χ1v) is 8.94. The van der Waals surface area contributed by atoms with Gasteiger partial charge in [0.2, 0.25) is 0 Å². The van der Waals surface area contributed by atoms with E-state index >= 15 is 0 Å². The molecule has 1 fully saturated rings. The molecule has 0 bridgehead atoms. The molecule has 6 heteroatoms. The number of aromatic nitrogens is 3. The molecule has 2 aromatic heterocycles. The van der Waals surface area contributed by atoms with Crippen LogP contribution in [0, 0.1) is 0 Å². The standard InChI is InChI=1S/C20H23N5O/c1-25-11-3-4-15(13-25)22-20-18-12-21-10-9-17(18)19(23-24-20)14-5-7-16(26-2)8-6-14/h5-10,12,15H,3-4,11,13H2,1-2H3,(H,22,24). The average Bonchev–Trinajstić information content (AvgIpc) is 2.68. The molecule has 4 rings (SSSR count). The smallest absolute Gasteiger partial charge is 0.158 e. The highest BCUT2D eigenvalue weighted by atomic mass is 16.5. The lowest BCUT2D eigenvalue weighted by atomic mass is 10.0. The van der Waals surface area contributed by atoms with E-state index in [4.69, 9.17) is 4.74 Å². The van der Waals surface area contributed by atoms with Crippen LogP contribution in [0.1, 0.15) is 12.8 Å². The Morgan fingerprint density at radius 2 is 1.96 bits per heavy atom. The van der Waals surface area contributed by atoms with E-state index in [0.29, 0.717) is 6.04 Å². The van der Waals surface area contributed by atoms with Crippen molar-refractivity contribution in [2.45, 2.75) is 18.9 Å². The lowest BCUT2D eigenvalue weighted by Gasteiger charge is -2.30. The summed E-state index contributed by atoms with van der Waals surface area (Å²) >= 11 is 0. The number of piperidine rings is 1. The van der Waals surface area contributed by atoms with Crippen molar-refractivity contribution in [2.24, 2.45) is 0 Å². The highest BCUT2D eigenvalue weighted by Gasteiger charge is 2.19. The normalized spacial score (nSPS) is 18.0. The van der Waals surface area contributed by atoms with Crippen molar-refractivity contribution >= 4 is 16.6 Å². The van der Waals surface area contributed by atoms with Crippen LogP contribution in [0.4, 0.5) is 5.82 Å². The number of fused-ring (bicyclic) bond motifs is 1. The fourth-order valence-corrected chi connectivity index (χ4v) is 3.54. The average molecular weight is 349 g/mol. The molecule has 6 nitrogen and oxygen atoms in total. The van der Waals surface area contributed by atoms with Gasteiger partial charge in [-0.05, 0) is 56.8 Å². The Hall–Kier alpha value is -2.73. The minimum Gasteiger partial charge on any atom is -0.497 e. The molecule has 0 aliphatic carbocycles. The first-order valence-electron chi connectivity index (χ1n) is 8.94. The Bertz CT molecular complexity index is 896. The predicted molar refractivity (Wildman–Crippen MR) is 103 cm³/mol. The molecule has 1 aromatic carbocycles. The first-order chi connectivity index (χ1) is 12.7. The van der Waals surface area contributed by atoms with Gasteiger partial charge in [0.1, 0.15) is 11.4 Å². The molecule has 3 aromatic rings. The zero-order chi connectivity index (χ0) is 17.9. The third-order valence-corrected chi connectivity index (χ3v) is 4.91. The summed E-state index contributed by atoms with van der Waals surface area (Å²) in [6, 6.07) is 10.3. The summed E-state index contributed by atoms with van der Waals surface area (Å²) < 4.78 is 5.24. The molecule has 1 saturated heterocycles. The summed E-state index contributed by atoms with van der Waals surface area (Å²) in [7, 11) is 3.82. The van der Waals surface area contributed by atoms with E-state index in [9.17, 15) is 0 Å². The zero-order valence-corrected chi connectivity index (χ0v) is 15.1. The summed E-state index contributed by atoms with van der Waals surface area (Å²) in [5, 5.41) is 14.6. The van der Waals surface area contributed by atoms with Crippen molar-refractivity contribution in [2.75, 3.05) is 32.6 Å². The fourth-order valence-electron chi connectivity index (χ4n) is 3.54. The topological polar surface area (TPSA) is 63.2 Å². The van der Waals surface area contributed by atoms with Crippen LogP contribution in [0.25, 0.3) is 22.0 Å². The molecular weight excluding hydrogens is 326 g/mol. The molecule has 0 spiro atoms. The lowest BCUT2D eigenvalue weighted by Crippen LogP contribution is -2.40. The number of anilines is 1. The monoisotopic (exact) mass is 349 g/mol. The SMILES string of the molecule is COc1ccc(-c2nnc(NC3CCCN(C)C3)c3cnccc23)cc1. The van der Waals surface area contributed by atoms with Crippen LogP contribution in [0.5, 0.6) is 5.75 Å². The van der Waals surface area contributed by atoms with E-state index in [0.717, 1.165) is 53.1 Å². The van der Waals surface area contributed by atoms with Gasteiger partial charge in [0.05, 0.1) is 7.11 Å². The highest BCUT2D eigenvalue weighted by Crippen LogP contribution is 2.30. The second-order valence-electron chi connectivity index (χ2n) is 6.79. The lowest BCUT2D eigenvalue weighted by molar-refractivity contribution is 0.261. The van der Waals surface area contributed by atoms with E-state index in [2.05, 4.69) is 32.4 Å². The summed E-state index contributed by atoms with van der Waals surface area (Å²) in [4.78, 5) is 6.65. The largest absolute Gasteiger partial charge is 0.497 e. The second kappa shape index (κ2) is 7.25. The van der Waals surface area contributed by atoms with Gasteiger partial charge in [-0.1, -0.05) is 0 Å². The number of likely N-dealkylation sites (N-methyl/N-ethyl adjacent to an activating group) is 1. The van der Waals surface area contributed by atoms with Crippen molar-refractivity contribution in [3.63, 3.8) is 0 Å². The number of hydrogen-bond acceptors (Lipinski definition) is 6. The molecule has 1 aliphatic rings. The predicted octanol–water partition coefficient (Wildman–Crippen LogP) is 3.21. The molecule has 134 valence electrons. The Balaban J connectivity index is 1.70. The second-order valence-corrected chi connectivity index (χ2v) is 6.79. The molecule has 26 heavy (non-hydrogen) atoms.